The molecule has 0 bridgehead atoms. The van der Waals surface area contributed by atoms with Crippen LogP contribution in [0.15, 0.2) is 30.3 Å². The van der Waals surface area contributed by atoms with Gasteiger partial charge in [0.15, 0.2) is 6.73 Å². The molecule has 0 radical (unpaired) electrons. The first-order chi connectivity index (χ1) is 20.3. The molecule has 9 nitrogen and oxygen atoms in total. The van der Waals surface area contributed by atoms with Crippen LogP contribution in [0.3, 0.4) is 0 Å². The Kier molecular flexibility index (Phi) is 8.15. The summed E-state index contributed by atoms with van der Waals surface area (Å²) in [6.07, 6.45) is -0.894. The molecule has 3 heterocycles. The predicted molar refractivity (Wildman–Crippen MR) is 161 cm³/mol. The van der Waals surface area contributed by atoms with Gasteiger partial charge in [-0.25, -0.2) is 8.78 Å². The van der Waals surface area contributed by atoms with E-state index in [1.54, 1.807) is 20.8 Å². The van der Waals surface area contributed by atoms with Gasteiger partial charge in [0.1, 0.15) is 11.5 Å². The predicted octanol–water partition coefficient (Wildman–Crippen LogP) is 6.09. The molecule has 3 aliphatic rings. The molecule has 3 aliphatic heterocycles. The summed E-state index contributed by atoms with van der Waals surface area (Å²) in [5.74, 6) is -11.0. The van der Waals surface area contributed by atoms with Crippen molar-refractivity contribution in [2.45, 2.75) is 44.7 Å². The zero-order valence-corrected chi connectivity index (χ0v) is 26.9. The molecular formula is C29H27Cl4F2N3O6. The van der Waals surface area contributed by atoms with Crippen molar-refractivity contribution < 1.29 is 37.8 Å². The number of carboxylic acid groups (broad SMARTS) is 1. The monoisotopic (exact) mass is 691 g/mol. The summed E-state index contributed by atoms with van der Waals surface area (Å²) in [7, 11) is 1.34. The van der Waals surface area contributed by atoms with E-state index in [4.69, 9.17) is 51.1 Å². The fourth-order valence-electron chi connectivity index (χ4n) is 6.53. The van der Waals surface area contributed by atoms with Gasteiger partial charge in [-0.05, 0) is 51.1 Å². The number of carbonyl (C=O) groups excluding carboxylic acids is 3. The van der Waals surface area contributed by atoms with Gasteiger partial charge in [0.2, 0.25) is 5.91 Å². The Morgan fingerprint density at radius 3 is 2.20 bits per heavy atom. The molecule has 0 unspecified atom stereocenters. The zero-order valence-electron chi connectivity index (χ0n) is 23.8. The second kappa shape index (κ2) is 11.0. The van der Waals surface area contributed by atoms with Crippen LogP contribution in [0.4, 0.5) is 20.2 Å². The average Bonchev–Trinajstić information content (AvgIpc) is 3.44. The number of hydrogen-bond donors (Lipinski definition) is 1. The molecule has 236 valence electrons. The van der Waals surface area contributed by atoms with Crippen LogP contribution in [0.5, 0.6) is 0 Å². The number of fused-ring (bicyclic) bond motifs is 4. The number of rotatable bonds is 5. The number of hydrogen-bond acceptors (Lipinski definition) is 6. The van der Waals surface area contributed by atoms with Crippen LogP contribution in [-0.2, 0) is 29.5 Å². The van der Waals surface area contributed by atoms with Crippen LogP contribution in [0.25, 0.3) is 0 Å². The highest BCUT2D eigenvalue weighted by Crippen LogP contribution is 2.62. The summed E-state index contributed by atoms with van der Waals surface area (Å²) in [4.78, 5) is 57.8. The zero-order chi connectivity index (χ0) is 32.7. The molecule has 2 aromatic rings. The van der Waals surface area contributed by atoms with E-state index in [1.807, 2.05) is 0 Å². The highest BCUT2D eigenvalue weighted by atomic mass is 35.5. The number of halogens is 6. The summed E-state index contributed by atoms with van der Waals surface area (Å²) >= 11 is 25.2. The summed E-state index contributed by atoms with van der Waals surface area (Å²) < 4.78 is 35.9. The Balaban J connectivity index is 1.70. The van der Waals surface area contributed by atoms with Crippen LogP contribution < -0.4 is 9.80 Å². The third kappa shape index (κ3) is 5.10. The molecule has 2 amide bonds. The number of carboxylic acids is 1. The first kappa shape index (κ1) is 32.7. The second-order valence-electron chi connectivity index (χ2n) is 12.2. The summed E-state index contributed by atoms with van der Waals surface area (Å²) in [6.45, 7) is 3.07. The number of nitrogens with zero attached hydrogens (tertiary/aromatic N) is 3. The number of esters is 1. The van der Waals surface area contributed by atoms with Gasteiger partial charge >= 0.3 is 11.9 Å². The van der Waals surface area contributed by atoms with E-state index in [1.165, 1.54) is 37.4 Å². The van der Waals surface area contributed by atoms with E-state index in [0.29, 0.717) is 0 Å². The Morgan fingerprint density at radius 1 is 1.05 bits per heavy atom. The Morgan fingerprint density at radius 2 is 1.64 bits per heavy atom. The lowest BCUT2D eigenvalue weighted by molar-refractivity contribution is -0.156. The van der Waals surface area contributed by atoms with Crippen molar-refractivity contribution in [3.63, 3.8) is 0 Å². The first-order valence-corrected chi connectivity index (χ1v) is 14.9. The second-order valence-corrected chi connectivity index (χ2v) is 13.9. The summed E-state index contributed by atoms with van der Waals surface area (Å²) in [5, 5.41) is 11.0. The van der Waals surface area contributed by atoms with Crippen molar-refractivity contribution in [2.75, 3.05) is 30.1 Å². The van der Waals surface area contributed by atoms with E-state index in [2.05, 4.69) is 0 Å². The molecule has 0 saturated carbocycles. The maximum atomic E-state index is 15.2. The number of aliphatic carboxylic acids is 1. The lowest BCUT2D eigenvalue weighted by atomic mass is 9.73. The minimum Gasteiger partial charge on any atom is -0.481 e. The molecule has 1 N–H and O–H groups in total. The standard InChI is InChI=1S/C29H27Cl4F2N3O6/c1-27(2,3)26(43)44-12-37-22-17(8-15(32)9-18(22)33)29(25(37)42)21(24(40)41)20(19-10-28(34,35)11-38(19)29)23(39)36(4)16-6-13(30)5-14(31)7-16/h5-9,19-21H,10-12H2,1-4H3,(H,40,41)/t19-,20+,21-,29+/m1/s1. The number of carbonyl (C=O) groups is 4. The average molecular weight is 693 g/mol. The molecule has 0 aromatic heterocycles. The lowest BCUT2D eigenvalue weighted by Crippen LogP contribution is -2.56. The van der Waals surface area contributed by atoms with Gasteiger partial charge in [-0.15, -0.1) is 0 Å². The fourth-order valence-corrected chi connectivity index (χ4v) is 7.64. The SMILES string of the molecule is CN(C(=O)[C@H]1[C@H]2CC(F)(F)CN2[C@]2(C(=O)N(COC(=O)C(C)(C)C)c3c(Cl)cc(Cl)cc32)[C@H]1C(=O)O)c1cc(Cl)cc(Cl)c1. The molecule has 0 aliphatic carbocycles. The van der Waals surface area contributed by atoms with E-state index in [9.17, 15) is 24.3 Å². The largest absolute Gasteiger partial charge is 0.481 e. The number of ether oxygens (including phenoxy) is 1. The van der Waals surface area contributed by atoms with E-state index in [-0.39, 0.29) is 37.0 Å². The van der Waals surface area contributed by atoms with Crippen molar-refractivity contribution in [3.05, 3.63) is 56.0 Å². The van der Waals surface area contributed by atoms with Gasteiger partial charge in [-0.3, -0.25) is 29.0 Å². The first-order valence-electron chi connectivity index (χ1n) is 13.4. The van der Waals surface area contributed by atoms with Crippen LogP contribution in [0.2, 0.25) is 20.1 Å². The lowest BCUT2D eigenvalue weighted by Gasteiger charge is -2.36. The number of alkyl halides is 2. The van der Waals surface area contributed by atoms with Gasteiger partial charge in [0, 0.05) is 45.8 Å². The Hall–Kier alpha value is -2.70. The molecule has 5 rings (SSSR count). The van der Waals surface area contributed by atoms with E-state index >= 15 is 8.78 Å². The van der Waals surface area contributed by atoms with Crippen LogP contribution in [0.1, 0.15) is 32.8 Å². The van der Waals surface area contributed by atoms with Crippen molar-refractivity contribution in [1.29, 1.82) is 0 Å². The maximum Gasteiger partial charge on any atom is 0.312 e. The molecule has 15 heteroatoms. The molecule has 2 fully saturated rings. The van der Waals surface area contributed by atoms with Crippen LogP contribution in [0, 0.1) is 17.3 Å². The molecule has 1 spiro atoms. The maximum absolute atomic E-state index is 15.2. The molecule has 44 heavy (non-hydrogen) atoms. The van der Waals surface area contributed by atoms with Crippen LogP contribution >= 0.6 is 46.4 Å². The van der Waals surface area contributed by atoms with Gasteiger partial charge in [-0.2, -0.15) is 0 Å². The van der Waals surface area contributed by atoms with E-state index < -0.39 is 78.2 Å². The molecule has 2 saturated heterocycles. The van der Waals surface area contributed by atoms with E-state index in [0.717, 1.165) is 14.7 Å². The van der Waals surface area contributed by atoms with Gasteiger partial charge in [-0.1, -0.05) is 46.4 Å². The number of anilines is 2. The van der Waals surface area contributed by atoms with Gasteiger partial charge < -0.3 is 14.7 Å². The summed E-state index contributed by atoms with van der Waals surface area (Å²) in [5.41, 5.74) is -3.25. The third-order valence-electron chi connectivity index (χ3n) is 8.32. The molecular weight excluding hydrogens is 666 g/mol. The van der Waals surface area contributed by atoms with Crippen LogP contribution in [-0.4, -0.2) is 66.0 Å². The summed E-state index contributed by atoms with van der Waals surface area (Å²) in [6, 6.07) is 5.44. The molecule has 4 atom stereocenters. The Bertz CT molecular complexity index is 1580. The van der Waals surface area contributed by atoms with Gasteiger partial charge in [0.25, 0.3) is 11.8 Å². The quantitative estimate of drug-likeness (QED) is 0.378. The van der Waals surface area contributed by atoms with Crippen molar-refractivity contribution in [1.82, 2.24) is 4.90 Å². The molecule has 2 aromatic carbocycles. The normalized spacial score (nSPS) is 25.7. The fraction of sp³-hybridized carbons (Fsp3) is 0.448. The number of amides is 2. The smallest absolute Gasteiger partial charge is 0.312 e. The van der Waals surface area contributed by atoms with Gasteiger partial charge in [0.05, 0.1) is 28.6 Å². The minimum absolute atomic E-state index is 0.00145. The van der Waals surface area contributed by atoms with Crippen molar-refractivity contribution >= 4 is 81.5 Å². The van der Waals surface area contributed by atoms with Crippen molar-refractivity contribution in [3.8, 4) is 0 Å². The highest BCUT2D eigenvalue weighted by Gasteiger charge is 2.76. The third-order valence-corrected chi connectivity index (χ3v) is 9.26. The topological polar surface area (TPSA) is 107 Å². The highest BCUT2D eigenvalue weighted by molar-refractivity contribution is 6.38. The van der Waals surface area contributed by atoms with Crippen molar-refractivity contribution in [2.24, 2.45) is 17.3 Å². The minimum atomic E-state index is -3.38. The number of benzene rings is 2. The Labute approximate surface area is 271 Å².